The lowest BCUT2D eigenvalue weighted by Gasteiger charge is -2.24. The molecule has 0 aliphatic carbocycles. The van der Waals surface area contributed by atoms with Gasteiger partial charge in [-0.05, 0) is 75.8 Å². The normalized spacial score (nSPS) is 13.1. The van der Waals surface area contributed by atoms with E-state index in [1.54, 1.807) is 39.1 Å². The largest absolute Gasteiger partial charge is 0.467 e. The number of aromatic nitrogens is 2. The molecule has 3 aromatic rings. The summed E-state index contributed by atoms with van der Waals surface area (Å²) in [4.78, 5) is 29.0. The number of esters is 1. The number of hydrogen-bond acceptors (Lipinski definition) is 7. The number of ether oxygens (including phenoxy) is 4. The van der Waals surface area contributed by atoms with Crippen LogP contribution in [0.5, 0.6) is 11.5 Å². The van der Waals surface area contributed by atoms with Crippen LogP contribution in [-0.4, -0.2) is 71.5 Å². The molecule has 0 aliphatic heterocycles. The molecule has 11 heteroatoms. The van der Waals surface area contributed by atoms with Gasteiger partial charge in [-0.15, -0.1) is 0 Å². The fourth-order valence-corrected chi connectivity index (χ4v) is 4.55. The third-order valence-corrected chi connectivity index (χ3v) is 7.20. The van der Waals surface area contributed by atoms with E-state index in [0.29, 0.717) is 30.3 Å². The first-order valence-electron chi connectivity index (χ1n) is 12.9. The van der Waals surface area contributed by atoms with E-state index in [1.807, 2.05) is 17.7 Å². The number of carbonyl (C=O) groups excluding carboxylic acids is 2. The summed E-state index contributed by atoms with van der Waals surface area (Å²) < 4.78 is 39.0. The fraction of sp³-hybridized carbons (Fsp3) is 0.483. The van der Waals surface area contributed by atoms with Gasteiger partial charge in [0.1, 0.15) is 29.8 Å². The maximum atomic E-state index is 15.2. The molecule has 1 atom stereocenters. The van der Waals surface area contributed by atoms with E-state index in [-0.39, 0.29) is 12.2 Å². The Morgan fingerprint density at radius 1 is 1.15 bits per heavy atom. The summed E-state index contributed by atoms with van der Waals surface area (Å²) in [6.07, 6.45) is 9.54. The molecule has 0 radical (unpaired) electrons. The van der Waals surface area contributed by atoms with E-state index in [9.17, 15) is 9.59 Å². The molecule has 1 amide bonds. The van der Waals surface area contributed by atoms with Crippen molar-refractivity contribution in [3.05, 3.63) is 53.6 Å². The molecular weight excluding hydrogens is 537 g/mol. The molecule has 1 N–H and O–H groups in total. The summed E-state index contributed by atoms with van der Waals surface area (Å²) in [5.41, 5.74) is 1.33. The number of nitrogens with one attached hydrogen (secondary N) is 1. The van der Waals surface area contributed by atoms with E-state index in [0.717, 1.165) is 16.7 Å². The lowest BCUT2D eigenvalue weighted by Crippen LogP contribution is -2.45. The van der Waals surface area contributed by atoms with Crippen molar-refractivity contribution < 1.29 is 32.9 Å². The van der Waals surface area contributed by atoms with Crippen molar-refractivity contribution in [2.45, 2.75) is 52.5 Å². The van der Waals surface area contributed by atoms with Crippen LogP contribution in [0.1, 0.15) is 31.9 Å². The van der Waals surface area contributed by atoms with E-state index < -0.39 is 39.6 Å². The van der Waals surface area contributed by atoms with Crippen LogP contribution in [-0.2, 0) is 32.2 Å². The Bertz CT molecular complexity index is 1350. The Balaban J connectivity index is 1.75. The van der Waals surface area contributed by atoms with E-state index in [4.69, 9.17) is 18.9 Å². The quantitative estimate of drug-likeness (QED) is 0.235. The van der Waals surface area contributed by atoms with Gasteiger partial charge in [-0.1, -0.05) is 6.07 Å². The summed E-state index contributed by atoms with van der Waals surface area (Å²) in [7, 11) is 0.574. The average Bonchev–Trinajstić information content (AvgIpc) is 3.17. The monoisotopic (exact) mass is 577 g/mol. The van der Waals surface area contributed by atoms with Crippen molar-refractivity contribution in [2.75, 3.05) is 38.2 Å². The number of aryl methyl sites for hydroxylation is 1. The lowest BCUT2D eigenvalue weighted by molar-refractivity contribution is -0.143. The average molecular weight is 578 g/mol. The number of carbonyl (C=O) groups is 2. The first-order chi connectivity index (χ1) is 18.7. The first kappa shape index (κ1) is 31.2. The third kappa shape index (κ3) is 8.85. The van der Waals surface area contributed by atoms with E-state index in [1.165, 1.54) is 19.2 Å². The van der Waals surface area contributed by atoms with Crippen LogP contribution >= 0.6 is 10.0 Å². The summed E-state index contributed by atoms with van der Waals surface area (Å²) >= 11 is 0. The minimum atomic E-state index is -1.06. The van der Waals surface area contributed by atoms with Gasteiger partial charge < -0.3 is 28.8 Å². The summed E-state index contributed by atoms with van der Waals surface area (Å²) in [5.74, 6) is 0.205. The van der Waals surface area contributed by atoms with Gasteiger partial charge in [0.25, 0.3) is 0 Å². The standard InChI is InChI=1S/C29H40FN3O6S/c1-19-17-33(18-37-13-14-40(6,7)8)26-25(19)24(11-12-31-26)38-23-10-9-20(15-21(23)30)16-22(27(34)36-5)32-28(35)39-29(2,3)4/h9-12,15,17,22H,13-14,16,18H2,1-8H3,(H,32,35). The number of methoxy groups -OCH3 is 1. The number of fused-ring (bicyclic) bond motifs is 1. The highest BCUT2D eigenvalue weighted by Crippen LogP contribution is 2.35. The Labute approximate surface area is 236 Å². The SMILES string of the molecule is COC(=O)C(Cc1ccc(Oc2ccnc3c2c(C)cn3COCCS(C)(C)C)c(F)c1)NC(=O)OC(C)(C)C. The summed E-state index contributed by atoms with van der Waals surface area (Å²) in [6, 6.07) is 5.02. The maximum Gasteiger partial charge on any atom is 0.408 e. The highest BCUT2D eigenvalue weighted by molar-refractivity contribution is 8.32. The first-order valence-corrected chi connectivity index (χ1v) is 15.9. The van der Waals surface area contributed by atoms with Crippen molar-refractivity contribution in [1.82, 2.24) is 14.9 Å². The predicted molar refractivity (Wildman–Crippen MR) is 156 cm³/mol. The molecular formula is C29H40FN3O6S. The number of pyridine rings is 1. The number of rotatable bonds is 11. The molecule has 2 heterocycles. The van der Waals surface area contributed by atoms with Crippen molar-refractivity contribution in [2.24, 2.45) is 0 Å². The molecule has 1 aromatic carbocycles. The maximum absolute atomic E-state index is 15.2. The minimum Gasteiger partial charge on any atom is -0.467 e. The van der Waals surface area contributed by atoms with Crippen LogP contribution in [0.15, 0.2) is 36.7 Å². The second-order valence-electron chi connectivity index (χ2n) is 11.4. The molecule has 1 unspecified atom stereocenters. The topological polar surface area (TPSA) is 101 Å². The Morgan fingerprint density at radius 2 is 1.88 bits per heavy atom. The Kier molecular flexibility index (Phi) is 10.1. The zero-order chi connectivity index (χ0) is 29.7. The van der Waals surface area contributed by atoms with Crippen LogP contribution in [0.25, 0.3) is 11.0 Å². The third-order valence-electron chi connectivity index (χ3n) is 5.81. The second-order valence-corrected chi connectivity index (χ2v) is 16.0. The minimum absolute atomic E-state index is 0.00127. The van der Waals surface area contributed by atoms with Crippen LogP contribution in [0, 0.1) is 12.7 Å². The molecule has 2 aromatic heterocycles. The number of benzene rings is 1. The molecule has 40 heavy (non-hydrogen) atoms. The molecule has 220 valence electrons. The highest BCUT2D eigenvalue weighted by atomic mass is 32.3. The summed E-state index contributed by atoms with van der Waals surface area (Å²) in [6.45, 7) is 8.10. The van der Waals surface area contributed by atoms with Crippen molar-refractivity contribution in [3.63, 3.8) is 0 Å². The molecule has 0 spiro atoms. The molecule has 0 fully saturated rings. The number of nitrogens with zero attached hydrogens (tertiary/aromatic N) is 2. The predicted octanol–water partition coefficient (Wildman–Crippen LogP) is 5.55. The number of amides is 1. The van der Waals surface area contributed by atoms with Gasteiger partial charge in [0, 0.05) is 24.6 Å². The van der Waals surface area contributed by atoms with Crippen LogP contribution in [0.3, 0.4) is 0 Å². The van der Waals surface area contributed by atoms with E-state index in [2.05, 4.69) is 29.1 Å². The van der Waals surface area contributed by atoms with Gasteiger partial charge in [0.2, 0.25) is 0 Å². The van der Waals surface area contributed by atoms with Crippen molar-refractivity contribution in [3.8, 4) is 11.5 Å². The fourth-order valence-electron chi connectivity index (χ4n) is 3.93. The highest BCUT2D eigenvalue weighted by Gasteiger charge is 2.26. The molecule has 0 bridgehead atoms. The van der Waals surface area contributed by atoms with Gasteiger partial charge in [0.05, 0.1) is 19.1 Å². The number of hydrogen-bond donors (Lipinski definition) is 1. The molecule has 0 saturated carbocycles. The van der Waals surface area contributed by atoms with Crippen LogP contribution in [0.4, 0.5) is 9.18 Å². The van der Waals surface area contributed by atoms with E-state index >= 15 is 4.39 Å². The second kappa shape index (κ2) is 12.9. The lowest BCUT2D eigenvalue weighted by atomic mass is 10.1. The zero-order valence-electron chi connectivity index (χ0n) is 24.5. The van der Waals surface area contributed by atoms with Crippen molar-refractivity contribution >= 4 is 33.1 Å². The molecule has 0 aliphatic rings. The van der Waals surface area contributed by atoms with Crippen LogP contribution in [0.2, 0.25) is 0 Å². The molecule has 9 nitrogen and oxygen atoms in total. The van der Waals surface area contributed by atoms with Gasteiger partial charge in [-0.25, -0.2) is 29.0 Å². The van der Waals surface area contributed by atoms with Gasteiger partial charge in [0.15, 0.2) is 11.6 Å². The molecule has 3 rings (SSSR count). The molecule has 0 saturated heterocycles. The smallest absolute Gasteiger partial charge is 0.408 e. The summed E-state index contributed by atoms with van der Waals surface area (Å²) in [5, 5.41) is 3.26. The number of alkyl carbamates (subject to hydrolysis) is 1. The van der Waals surface area contributed by atoms with Crippen LogP contribution < -0.4 is 10.1 Å². The van der Waals surface area contributed by atoms with Gasteiger partial charge in [-0.2, -0.15) is 0 Å². The van der Waals surface area contributed by atoms with Crippen molar-refractivity contribution in [1.29, 1.82) is 0 Å². The number of halogens is 1. The Hall–Kier alpha value is -3.31. The zero-order valence-corrected chi connectivity index (χ0v) is 25.3. The van der Waals surface area contributed by atoms with Gasteiger partial charge >= 0.3 is 12.1 Å². The van der Waals surface area contributed by atoms with Gasteiger partial charge in [-0.3, -0.25) is 0 Å². The Morgan fingerprint density at radius 3 is 2.50 bits per heavy atom.